The van der Waals surface area contributed by atoms with E-state index in [1.54, 1.807) is 13.8 Å². The number of aliphatic carboxylic acids is 1. The van der Waals surface area contributed by atoms with Crippen molar-refractivity contribution >= 4 is 21.8 Å². The molecule has 0 aromatic heterocycles. The fourth-order valence-corrected chi connectivity index (χ4v) is 2.20. The van der Waals surface area contributed by atoms with E-state index in [2.05, 4.69) is 5.32 Å². The van der Waals surface area contributed by atoms with Crippen LogP contribution in [0.1, 0.15) is 26.7 Å². The van der Waals surface area contributed by atoms with Gasteiger partial charge in [0.2, 0.25) is 0 Å². The number of amides is 2. The van der Waals surface area contributed by atoms with Crippen molar-refractivity contribution in [3.63, 3.8) is 0 Å². The molecule has 0 aromatic carbocycles. The van der Waals surface area contributed by atoms with Gasteiger partial charge in [-0.05, 0) is 26.7 Å². The molecule has 0 bridgehead atoms. The van der Waals surface area contributed by atoms with Gasteiger partial charge in [0.15, 0.2) is 9.84 Å². The zero-order valence-corrected chi connectivity index (χ0v) is 12.9. The molecule has 1 heterocycles. The summed E-state index contributed by atoms with van der Waals surface area (Å²) in [5.41, 5.74) is 0. The van der Waals surface area contributed by atoms with Crippen molar-refractivity contribution in [1.82, 2.24) is 10.2 Å². The van der Waals surface area contributed by atoms with Gasteiger partial charge in [0.25, 0.3) is 0 Å². The number of likely N-dealkylation sites (tertiary alicyclic amines) is 1. The van der Waals surface area contributed by atoms with Crippen molar-refractivity contribution in [2.75, 3.05) is 25.9 Å². The Morgan fingerprint density at radius 3 is 2.20 bits per heavy atom. The Hall–Kier alpha value is -1.31. The van der Waals surface area contributed by atoms with Gasteiger partial charge in [-0.15, -0.1) is 0 Å². The van der Waals surface area contributed by atoms with Gasteiger partial charge in [0, 0.05) is 25.9 Å². The van der Waals surface area contributed by atoms with Gasteiger partial charge in [0.05, 0.1) is 10.7 Å². The first-order chi connectivity index (χ1) is 9.04. The summed E-state index contributed by atoms with van der Waals surface area (Å²) in [6, 6.07) is -0.342. The Bertz CT molecular complexity index is 478. The first-order valence-corrected chi connectivity index (χ1v) is 8.39. The van der Waals surface area contributed by atoms with Gasteiger partial charge in [0.1, 0.15) is 0 Å². The Morgan fingerprint density at radius 2 is 1.80 bits per heavy atom. The molecule has 8 heteroatoms. The molecular formula is C12H22N2O5S. The first kappa shape index (κ1) is 16.7. The van der Waals surface area contributed by atoms with Crippen LogP contribution >= 0.6 is 0 Å². The summed E-state index contributed by atoms with van der Waals surface area (Å²) in [5.74, 6) is -1.23. The monoisotopic (exact) mass is 306 g/mol. The van der Waals surface area contributed by atoms with Crippen LogP contribution in [-0.4, -0.2) is 61.1 Å². The summed E-state index contributed by atoms with van der Waals surface area (Å²) in [6.07, 6.45) is 1.99. The SMILES string of the molecule is CC(C)(CNC(=O)N1CCC(C(=O)O)CC1)S(C)(=O)=O. The zero-order chi connectivity index (χ0) is 15.6. The lowest BCUT2D eigenvalue weighted by Crippen LogP contribution is -2.50. The number of rotatable bonds is 4. The van der Waals surface area contributed by atoms with Crippen molar-refractivity contribution in [2.45, 2.75) is 31.4 Å². The van der Waals surface area contributed by atoms with Gasteiger partial charge in [-0.2, -0.15) is 0 Å². The van der Waals surface area contributed by atoms with Crippen LogP contribution in [0.3, 0.4) is 0 Å². The number of sulfone groups is 1. The molecule has 1 aliphatic heterocycles. The second kappa shape index (κ2) is 5.99. The standard InChI is InChI=1S/C12H22N2O5S/c1-12(2,20(3,18)19)8-13-11(17)14-6-4-9(5-7-14)10(15)16/h9H,4-8H2,1-3H3,(H,13,17)(H,15,16). The molecule has 0 aromatic rings. The Morgan fingerprint density at radius 1 is 1.30 bits per heavy atom. The highest BCUT2D eigenvalue weighted by atomic mass is 32.2. The summed E-state index contributed by atoms with van der Waals surface area (Å²) in [5, 5.41) is 11.5. The van der Waals surface area contributed by atoms with Crippen molar-refractivity contribution in [3.8, 4) is 0 Å². The molecule has 0 radical (unpaired) electrons. The van der Waals surface area contributed by atoms with Gasteiger partial charge in [-0.3, -0.25) is 4.79 Å². The summed E-state index contributed by atoms with van der Waals surface area (Å²) in [4.78, 5) is 24.3. The summed E-state index contributed by atoms with van der Waals surface area (Å²) < 4.78 is 22.0. The predicted molar refractivity (Wildman–Crippen MR) is 74.3 cm³/mol. The minimum absolute atomic E-state index is 0.0313. The predicted octanol–water partition coefficient (Wildman–Crippen LogP) is 0.316. The van der Waals surface area contributed by atoms with E-state index >= 15 is 0 Å². The number of carboxylic acid groups (broad SMARTS) is 1. The molecule has 0 unspecified atom stereocenters. The second-order valence-corrected chi connectivity index (χ2v) is 8.44. The minimum atomic E-state index is -3.26. The molecule has 1 aliphatic rings. The van der Waals surface area contributed by atoms with E-state index in [1.807, 2.05) is 0 Å². The molecule has 1 fully saturated rings. The average molecular weight is 306 g/mol. The molecule has 0 saturated carbocycles. The number of hydrogen-bond acceptors (Lipinski definition) is 4. The Kier molecular flexibility index (Phi) is 5.01. The van der Waals surface area contributed by atoms with Crippen molar-refractivity contribution < 1.29 is 23.1 Å². The Labute approximate surface area is 119 Å². The van der Waals surface area contributed by atoms with Crippen LogP contribution in [0.15, 0.2) is 0 Å². The molecule has 2 amide bonds. The van der Waals surface area contributed by atoms with Gasteiger partial charge < -0.3 is 15.3 Å². The molecule has 1 rings (SSSR count). The average Bonchev–Trinajstić information content (AvgIpc) is 2.34. The molecule has 0 aliphatic carbocycles. The normalized spacial score (nSPS) is 17.9. The van der Waals surface area contributed by atoms with E-state index in [4.69, 9.17) is 5.11 Å². The number of urea groups is 1. The molecule has 116 valence electrons. The third-order valence-corrected chi connectivity index (χ3v) is 5.95. The highest BCUT2D eigenvalue weighted by molar-refractivity contribution is 7.92. The lowest BCUT2D eigenvalue weighted by molar-refractivity contribution is -0.143. The maximum atomic E-state index is 11.9. The lowest BCUT2D eigenvalue weighted by atomic mass is 9.97. The summed E-state index contributed by atoms with van der Waals surface area (Å²) >= 11 is 0. The molecule has 0 atom stereocenters. The molecular weight excluding hydrogens is 284 g/mol. The Balaban J connectivity index is 2.48. The van der Waals surface area contributed by atoms with E-state index in [-0.39, 0.29) is 12.6 Å². The van der Waals surface area contributed by atoms with Crippen LogP contribution in [0, 0.1) is 5.92 Å². The number of carbonyl (C=O) groups excluding carboxylic acids is 1. The van der Waals surface area contributed by atoms with Crippen LogP contribution in [0.4, 0.5) is 4.79 Å². The number of hydrogen-bond donors (Lipinski definition) is 2. The van der Waals surface area contributed by atoms with E-state index in [0.29, 0.717) is 25.9 Å². The number of nitrogens with zero attached hydrogens (tertiary/aromatic N) is 1. The smallest absolute Gasteiger partial charge is 0.317 e. The minimum Gasteiger partial charge on any atom is -0.481 e. The van der Waals surface area contributed by atoms with Gasteiger partial charge >= 0.3 is 12.0 Å². The van der Waals surface area contributed by atoms with Crippen LogP contribution in [-0.2, 0) is 14.6 Å². The molecule has 20 heavy (non-hydrogen) atoms. The second-order valence-electron chi connectivity index (χ2n) is 5.79. The van der Waals surface area contributed by atoms with Crippen LogP contribution in [0.25, 0.3) is 0 Å². The summed E-state index contributed by atoms with van der Waals surface area (Å²) in [6.45, 7) is 3.90. The first-order valence-electron chi connectivity index (χ1n) is 6.50. The van der Waals surface area contributed by atoms with E-state index < -0.39 is 26.5 Å². The number of nitrogens with one attached hydrogen (secondary N) is 1. The highest BCUT2D eigenvalue weighted by Gasteiger charge is 2.32. The van der Waals surface area contributed by atoms with Gasteiger partial charge in [-0.25, -0.2) is 13.2 Å². The van der Waals surface area contributed by atoms with Crippen LogP contribution < -0.4 is 5.32 Å². The molecule has 1 saturated heterocycles. The third kappa shape index (κ3) is 4.09. The maximum Gasteiger partial charge on any atom is 0.317 e. The maximum absolute atomic E-state index is 11.9. The molecule has 7 nitrogen and oxygen atoms in total. The molecule has 2 N–H and O–H groups in total. The largest absolute Gasteiger partial charge is 0.481 e. The van der Waals surface area contributed by atoms with E-state index in [1.165, 1.54) is 4.90 Å². The van der Waals surface area contributed by atoms with Crippen LogP contribution in [0.2, 0.25) is 0 Å². The van der Waals surface area contributed by atoms with Crippen molar-refractivity contribution in [1.29, 1.82) is 0 Å². The highest BCUT2D eigenvalue weighted by Crippen LogP contribution is 2.18. The van der Waals surface area contributed by atoms with Gasteiger partial charge in [-0.1, -0.05) is 0 Å². The summed E-state index contributed by atoms with van der Waals surface area (Å²) in [7, 11) is -3.26. The molecule has 0 spiro atoms. The van der Waals surface area contributed by atoms with Crippen molar-refractivity contribution in [3.05, 3.63) is 0 Å². The third-order valence-electron chi connectivity index (χ3n) is 3.80. The zero-order valence-electron chi connectivity index (χ0n) is 12.0. The van der Waals surface area contributed by atoms with Crippen molar-refractivity contribution in [2.24, 2.45) is 5.92 Å². The van der Waals surface area contributed by atoms with Crippen LogP contribution in [0.5, 0.6) is 0 Å². The van der Waals surface area contributed by atoms with E-state index in [0.717, 1.165) is 6.26 Å². The lowest BCUT2D eigenvalue weighted by Gasteiger charge is -2.31. The van der Waals surface area contributed by atoms with E-state index in [9.17, 15) is 18.0 Å². The topological polar surface area (TPSA) is 104 Å². The quantitative estimate of drug-likeness (QED) is 0.778. The number of piperidine rings is 1. The number of carbonyl (C=O) groups is 2. The number of carboxylic acids is 1. The fourth-order valence-electron chi connectivity index (χ4n) is 1.86. The fraction of sp³-hybridized carbons (Fsp3) is 0.833.